The zero-order chi connectivity index (χ0) is 9.14. The Labute approximate surface area is 73.8 Å². The lowest BCUT2D eigenvalue weighted by atomic mass is 9.89. The minimum atomic E-state index is 0.174. The maximum Gasteiger partial charge on any atom is 0.161 e. The van der Waals surface area contributed by atoms with Crippen molar-refractivity contribution in [2.24, 2.45) is 17.6 Å². The van der Waals surface area contributed by atoms with Crippen molar-refractivity contribution >= 4 is 5.78 Å². The molecule has 0 saturated heterocycles. The van der Waals surface area contributed by atoms with E-state index in [1.807, 2.05) is 0 Å². The summed E-state index contributed by atoms with van der Waals surface area (Å²) in [5.74, 6) is 0.810. The minimum Gasteiger partial charge on any atom is -0.330 e. The Kier molecular flexibility index (Phi) is 3.04. The van der Waals surface area contributed by atoms with Crippen LogP contribution in [0, 0.1) is 11.8 Å². The second kappa shape index (κ2) is 3.85. The molecule has 0 aromatic carbocycles. The summed E-state index contributed by atoms with van der Waals surface area (Å²) in [5, 5.41) is 0. The van der Waals surface area contributed by atoms with Crippen LogP contribution in [0.25, 0.3) is 0 Å². The molecule has 1 aliphatic carbocycles. The molecule has 2 unspecified atom stereocenters. The van der Waals surface area contributed by atoms with E-state index in [9.17, 15) is 4.79 Å². The van der Waals surface area contributed by atoms with E-state index < -0.39 is 0 Å². The topological polar surface area (TPSA) is 43.1 Å². The number of Topliss-reactive ketones (excluding diaryl/α,β-unsaturated/α-hetero) is 1. The van der Waals surface area contributed by atoms with Gasteiger partial charge in [-0.05, 0) is 37.8 Å². The van der Waals surface area contributed by atoms with Gasteiger partial charge in [0.25, 0.3) is 0 Å². The van der Waals surface area contributed by atoms with Gasteiger partial charge in [-0.25, -0.2) is 0 Å². The molecule has 0 amide bonds. The monoisotopic (exact) mass is 167 g/mol. The number of hydrogen-bond donors (Lipinski definition) is 1. The fourth-order valence-electron chi connectivity index (χ4n) is 1.98. The Balaban J connectivity index is 2.61. The number of rotatable bonds is 3. The fraction of sp³-hybridized carbons (Fsp3) is 0.700. The van der Waals surface area contributed by atoms with Crippen LogP contribution in [0.3, 0.4) is 0 Å². The van der Waals surface area contributed by atoms with Gasteiger partial charge in [0.1, 0.15) is 0 Å². The average molecular weight is 167 g/mol. The first-order valence-corrected chi connectivity index (χ1v) is 4.56. The normalized spacial score (nSPS) is 28.8. The van der Waals surface area contributed by atoms with E-state index in [1.54, 1.807) is 6.92 Å². The molecule has 2 nitrogen and oxygen atoms in total. The highest BCUT2D eigenvalue weighted by Gasteiger charge is 2.31. The van der Waals surface area contributed by atoms with Crippen molar-refractivity contribution in [1.82, 2.24) is 0 Å². The highest BCUT2D eigenvalue weighted by atomic mass is 16.1. The SMILES string of the molecule is C=C(C)C(=O)C1CCCC1CN. The summed E-state index contributed by atoms with van der Waals surface area (Å²) in [6.07, 6.45) is 3.26. The van der Waals surface area contributed by atoms with E-state index >= 15 is 0 Å². The van der Waals surface area contributed by atoms with E-state index in [4.69, 9.17) is 5.73 Å². The van der Waals surface area contributed by atoms with Gasteiger partial charge in [-0.15, -0.1) is 0 Å². The molecule has 0 aromatic heterocycles. The Morgan fingerprint density at radius 1 is 1.58 bits per heavy atom. The first kappa shape index (κ1) is 9.46. The van der Waals surface area contributed by atoms with Gasteiger partial charge in [-0.2, -0.15) is 0 Å². The number of hydrogen-bond acceptors (Lipinski definition) is 2. The molecular formula is C10H17NO. The van der Waals surface area contributed by atoms with Crippen molar-refractivity contribution in [3.05, 3.63) is 12.2 Å². The molecule has 0 bridgehead atoms. The van der Waals surface area contributed by atoms with Gasteiger partial charge in [0, 0.05) is 5.92 Å². The number of carbonyl (C=O) groups excluding carboxylic acids is 1. The first-order valence-electron chi connectivity index (χ1n) is 4.56. The first-order chi connectivity index (χ1) is 5.66. The van der Waals surface area contributed by atoms with Crippen LogP contribution < -0.4 is 5.73 Å². The summed E-state index contributed by atoms with van der Waals surface area (Å²) >= 11 is 0. The van der Waals surface area contributed by atoms with Gasteiger partial charge < -0.3 is 5.73 Å². The molecule has 1 saturated carbocycles. The van der Waals surface area contributed by atoms with Crippen LogP contribution in [-0.4, -0.2) is 12.3 Å². The Morgan fingerprint density at radius 2 is 2.25 bits per heavy atom. The number of ketones is 1. The number of allylic oxidation sites excluding steroid dienone is 1. The molecule has 0 aliphatic heterocycles. The molecule has 0 radical (unpaired) electrons. The average Bonchev–Trinajstić information content (AvgIpc) is 2.49. The van der Waals surface area contributed by atoms with Gasteiger partial charge in [0.2, 0.25) is 0 Å². The van der Waals surface area contributed by atoms with Crippen LogP contribution in [0.1, 0.15) is 26.2 Å². The zero-order valence-electron chi connectivity index (χ0n) is 7.68. The maximum atomic E-state index is 11.6. The van der Waals surface area contributed by atoms with E-state index in [0.717, 1.165) is 19.3 Å². The van der Waals surface area contributed by atoms with Crippen molar-refractivity contribution in [1.29, 1.82) is 0 Å². The van der Waals surface area contributed by atoms with E-state index in [1.165, 1.54) is 0 Å². The molecule has 1 fully saturated rings. The molecule has 2 atom stereocenters. The molecular weight excluding hydrogens is 150 g/mol. The van der Waals surface area contributed by atoms with E-state index in [2.05, 4.69) is 6.58 Å². The van der Waals surface area contributed by atoms with Gasteiger partial charge in [0.15, 0.2) is 5.78 Å². The molecule has 12 heavy (non-hydrogen) atoms. The lowest BCUT2D eigenvalue weighted by Crippen LogP contribution is -2.25. The van der Waals surface area contributed by atoms with Crippen molar-refractivity contribution in [3.63, 3.8) is 0 Å². The van der Waals surface area contributed by atoms with Gasteiger partial charge >= 0.3 is 0 Å². The van der Waals surface area contributed by atoms with Crippen molar-refractivity contribution in [3.8, 4) is 0 Å². The quantitative estimate of drug-likeness (QED) is 0.647. The van der Waals surface area contributed by atoms with Crippen molar-refractivity contribution in [2.45, 2.75) is 26.2 Å². The van der Waals surface area contributed by atoms with Crippen LogP contribution in [0.5, 0.6) is 0 Å². The lowest BCUT2D eigenvalue weighted by Gasteiger charge is -2.15. The van der Waals surface area contributed by atoms with Crippen molar-refractivity contribution in [2.75, 3.05) is 6.54 Å². The molecule has 68 valence electrons. The summed E-state index contributed by atoms with van der Waals surface area (Å²) < 4.78 is 0. The van der Waals surface area contributed by atoms with Crippen LogP contribution in [0.15, 0.2) is 12.2 Å². The van der Waals surface area contributed by atoms with E-state index in [0.29, 0.717) is 18.0 Å². The highest BCUT2D eigenvalue weighted by Crippen LogP contribution is 2.32. The smallest absolute Gasteiger partial charge is 0.161 e. The third-order valence-electron chi connectivity index (χ3n) is 2.72. The summed E-state index contributed by atoms with van der Waals surface area (Å²) in [6.45, 7) is 6.11. The zero-order valence-corrected chi connectivity index (χ0v) is 7.68. The molecule has 0 spiro atoms. The molecule has 0 aromatic rings. The fourth-order valence-corrected chi connectivity index (χ4v) is 1.98. The van der Waals surface area contributed by atoms with Gasteiger partial charge in [-0.1, -0.05) is 13.0 Å². The summed E-state index contributed by atoms with van der Waals surface area (Å²) in [7, 11) is 0. The standard InChI is InChI=1S/C10H17NO/c1-7(2)10(12)9-5-3-4-8(9)6-11/h8-9H,1,3-6,11H2,2H3. The second-order valence-electron chi connectivity index (χ2n) is 3.68. The van der Waals surface area contributed by atoms with Crippen molar-refractivity contribution < 1.29 is 4.79 Å². The van der Waals surface area contributed by atoms with Crippen LogP contribution >= 0.6 is 0 Å². The predicted octanol–water partition coefficient (Wildman–Crippen LogP) is 1.51. The van der Waals surface area contributed by atoms with Crippen LogP contribution in [-0.2, 0) is 4.79 Å². The highest BCUT2D eigenvalue weighted by molar-refractivity contribution is 5.96. The van der Waals surface area contributed by atoms with Gasteiger partial charge in [0.05, 0.1) is 0 Å². The Morgan fingerprint density at radius 3 is 2.75 bits per heavy atom. The Hall–Kier alpha value is -0.630. The second-order valence-corrected chi connectivity index (χ2v) is 3.68. The summed E-state index contributed by atoms with van der Waals surface area (Å²) in [6, 6.07) is 0. The maximum absolute atomic E-state index is 11.6. The molecule has 0 heterocycles. The summed E-state index contributed by atoms with van der Waals surface area (Å²) in [5.41, 5.74) is 6.26. The third-order valence-corrected chi connectivity index (χ3v) is 2.72. The number of nitrogens with two attached hydrogens (primary N) is 1. The largest absolute Gasteiger partial charge is 0.330 e. The Bertz CT molecular complexity index is 198. The molecule has 2 heteroatoms. The molecule has 2 N–H and O–H groups in total. The molecule has 1 aliphatic rings. The number of carbonyl (C=O) groups is 1. The third kappa shape index (κ3) is 1.75. The van der Waals surface area contributed by atoms with Gasteiger partial charge in [-0.3, -0.25) is 4.79 Å². The van der Waals surface area contributed by atoms with Crippen LogP contribution in [0.4, 0.5) is 0 Å². The molecule has 1 rings (SSSR count). The lowest BCUT2D eigenvalue weighted by molar-refractivity contribution is -0.120. The predicted molar refractivity (Wildman–Crippen MR) is 49.7 cm³/mol. The minimum absolute atomic E-state index is 0.174. The van der Waals surface area contributed by atoms with Crippen LogP contribution in [0.2, 0.25) is 0 Å². The summed E-state index contributed by atoms with van der Waals surface area (Å²) in [4.78, 5) is 11.6. The van der Waals surface area contributed by atoms with E-state index in [-0.39, 0.29) is 11.7 Å².